The van der Waals surface area contributed by atoms with Crippen LogP contribution in [0.15, 0.2) is 18.2 Å². The van der Waals surface area contributed by atoms with Crippen molar-refractivity contribution in [2.75, 3.05) is 19.8 Å². The summed E-state index contributed by atoms with van der Waals surface area (Å²) in [6.07, 6.45) is -4.83. The average molecular weight is 305 g/mol. The van der Waals surface area contributed by atoms with Crippen LogP contribution >= 0.6 is 0 Å². The van der Waals surface area contributed by atoms with Gasteiger partial charge >= 0.3 is 6.18 Å². The first kappa shape index (κ1) is 15.8. The lowest BCUT2D eigenvalue weighted by Gasteiger charge is -2.42. The molecule has 21 heavy (non-hydrogen) atoms. The van der Waals surface area contributed by atoms with Crippen LogP contribution in [0.1, 0.15) is 29.8 Å². The molecule has 1 heterocycles. The summed E-state index contributed by atoms with van der Waals surface area (Å²) in [6, 6.07) is 2.30. The molecular formula is C14H15F4NO2. The smallest absolute Gasteiger partial charge is 0.377 e. The van der Waals surface area contributed by atoms with Crippen molar-refractivity contribution in [3.05, 3.63) is 35.1 Å². The predicted octanol–water partition coefficient (Wildman–Crippen LogP) is 3.10. The molecule has 2 rings (SSSR count). The number of carbonyl (C=O) groups excluding carboxylic acids is 1. The van der Waals surface area contributed by atoms with E-state index in [1.54, 1.807) is 13.8 Å². The van der Waals surface area contributed by atoms with E-state index >= 15 is 0 Å². The van der Waals surface area contributed by atoms with E-state index in [-0.39, 0.29) is 12.1 Å². The van der Waals surface area contributed by atoms with Gasteiger partial charge in [-0.05, 0) is 32.0 Å². The predicted molar refractivity (Wildman–Crippen MR) is 67.3 cm³/mol. The Morgan fingerprint density at radius 3 is 2.57 bits per heavy atom. The van der Waals surface area contributed by atoms with Gasteiger partial charge in [0.05, 0.1) is 24.3 Å². The molecule has 1 aliphatic heterocycles. The van der Waals surface area contributed by atoms with Crippen LogP contribution in [0.3, 0.4) is 0 Å². The Labute approximate surface area is 119 Å². The number of benzene rings is 1. The van der Waals surface area contributed by atoms with Crippen molar-refractivity contribution in [3.8, 4) is 0 Å². The maximum absolute atomic E-state index is 13.3. The summed E-state index contributed by atoms with van der Waals surface area (Å²) < 4.78 is 56.6. The Hall–Kier alpha value is -1.63. The third-order valence-corrected chi connectivity index (χ3v) is 3.41. The molecule has 0 unspecified atom stereocenters. The molecule has 0 radical (unpaired) electrons. The molecule has 0 N–H and O–H groups in total. The average Bonchev–Trinajstić information content (AvgIpc) is 2.36. The molecule has 0 saturated carbocycles. The lowest BCUT2D eigenvalue weighted by atomic mass is 10.00. The quantitative estimate of drug-likeness (QED) is 0.746. The molecule has 0 atom stereocenters. The molecular weight excluding hydrogens is 290 g/mol. The minimum absolute atomic E-state index is 0.182. The van der Waals surface area contributed by atoms with Crippen molar-refractivity contribution < 1.29 is 27.1 Å². The number of ether oxygens (including phenoxy) is 1. The SMILES string of the molecule is CC1(C)COCCN1C(=O)c1ccc(F)c(C(F)(F)F)c1. The topological polar surface area (TPSA) is 29.5 Å². The normalized spacial score (nSPS) is 18.7. The largest absolute Gasteiger partial charge is 0.419 e. The monoisotopic (exact) mass is 305 g/mol. The van der Waals surface area contributed by atoms with Crippen LogP contribution in [-0.2, 0) is 10.9 Å². The van der Waals surface area contributed by atoms with E-state index in [1.807, 2.05) is 0 Å². The zero-order valence-electron chi connectivity index (χ0n) is 11.6. The third kappa shape index (κ3) is 3.18. The number of alkyl halides is 3. The van der Waals surface area contributed by atoms with E-state index < -0.39 is 29.0 Å². The van der Waals surface area contributed by atoms with Crippen molar-refractivity contribution in [3.63, 3.8) is 0 Å². The molecule has 1 amide bonds. The second-order valence-corrected chi connectivity index (χ2v) is 5.51. The summed E-state index contributed by atoms with van der Waals surface area (Å²) in [6.45, 7) is 4.43. The molecule has 1 aliphatic rings. The van der Waals surface area contributed by atoms with Gasteiger partial charge in [-0.25, -0.2) is 4.39 Å². The Morgan fingerprint density at radius 2 is 2.00 bits per heavy atom. The highest BCUT2D eigenvalue weighted by atomic mass is 19.4. The maximum Gasteiger partial charge on any atom is 0.419 e. The molecule has 3 nitrogen and oxygen atoms in total. The van der Waals surface area contributed by atoms with Crippen molar-refractivity contribution in [2.24, 2.45) is 0 Å². The first-order valence-electron chi connectivity index (χ1n) is 6.39. The summed E-state index contributed by atoms with van der Waals surface area (Å²) in [4.78, 5) is 13.8. The van der Waals surface area contributed by atoms with Gasteiger partial charge in [-0.15, -0.1) is 0 Å². The maximum atomic E-state index is 13.3. The molecule has 116 valence electrons. The number of carbonyl (C=O) groups is 1. The zero-order chi connectivity index (χ0) is 15.8. The number of amides is 1. The van der Waals surface area contributed by atoms with Crippen LogP contribution in [0.4, 0.5) is 17.6 Å². The van der Waals surface area contributed by atoms with Gasteiger partial charge in [0, 0.05) is 12.1 Å². The van der Waals surface area contributed by atoms with Gasteiger partial charge in [0.25, 0.3) is 5.91 Å². The number of hydrogen-bond acceptors (Lipinski definition) is 2. The number of rotatable bonds is 1. The van der Waals surface area contributed by atoms with Crippen LogP contribution in [0.5, 0.6) is 0 Å². The fourth-order valence-corrected chi connectivity index (χ4v) is 2.27. The Morgan fingerprint density at radius 1 is 1.33 bits per heavy atom. The highest BCUT2D eigenvalue weighted by molar-refractivity contribution is 5.95. The van der Waals surface area contributed by atoms with E-state index in [9.17, 15) is 22.4 Å². The highest BCUT2D eigenvalue weighted by Gasteiger charge is 2.37. The summed E-state index contributed by atoms with van der Waals surface area (Å²) in [7, 11) is 0. The minimum Gasteiger partial charge on any atom is -0.377 e. The standard InChI is InChI=1S/C14H15F4NO2/c1-13(2)8-21-6-5-19(13)12(20)9-3-4-11(15)10(7-9)14(16,17)18/h3-4,7H,5-6,8H2,1-2H3. The molecule has 7 heteroatoms. The van der Waals surface area contributed by atoms with Crippen molar-refractivity contribution >= 4 is 5.91 Å². The van der Waals surface area contributed by atoms with E-state index in [0.717, 1.165) is 6.07 Å². The fraction of sp³-hybridized carbons (Fsp3) is 0.500. The summed E-state index contributed by atoms with van der Waals surface area (Å²) in [5.41, 5.74) is -2.24. The van der Waals surface area contributed by atoms with Gasteiger partial charge in [0.1, 0.15) is 5.82 Å². The van der Waals surface area contributed by atoms with Crippen LogP contribution in [0, 0.1) is 5.82 Å². The van der Waals surface area contributed by atoms with Gasteiger partial charge in [-0.2, -0.15) is 13.2 Å². The second kappa shape index (κ2) is 5.29. The summed E-state index contributed by atoms with van der Waals surface area (Å²) >= 11 is 0. The van der Waals surface area contributed by atoms with E-state index in [1.165, 1.54) is 4.90 Å². The van der Waals surface area contributed by atoms with Crippen LogP contribution < -0.4 is 0 Å². The molecule has 1 saturated heterocycles. The summed E-state index contributed by atoms with van der Waals surface area (Å²) in [5, 5.41) is 0. The van der Waals surface area contributed by atoms with Gasteiger partial charge in [-0.3, -0.25) is 4.79 Å². The molecule has 1 aromatic rings. The Bertz CT molecular complexity index is 554. The molecule has 0 aromatic heterocycles. The van der Waals surface area contributed by atoms with Crippen molar-refractivity contribution in [1.82, 2.24) is 4.90 Å². The molecule has 0 bridgehead atoms. The molecule has 0 aliphatic carbocycles. The lowest BCUT2D eigenvalue weighted by molar-refractivity contribution is -0.140. The van der Waals surface area contributed by atoms with Crippen LogP contribution in [-0.4, -0.2) is 36.1 Å². The van der Waals surface area contributed by atoms with Crippen molar-refractivity contribution in [2.45, 2.75) is 25.6 Å². The van der Waals surface area contributed by atoms with Gasteiger partial charge in [0.2, 0.25) is 0 Å². The number of halogens is 4. The lowest BCUT2D eigenvalue weighted by Crippen LogP contribution is -2.55. The van der Waals surface area contributed by atoms with E-state index in [4.69, 9.17) is 4.74 Å². The minimum atomic E-state index is -4.83. The highest BCUT2D eigenvalue weighted by Crippen LogP contribution is 2.32. The molecule has 0 spiro atoms. The zero-order valence-corrected chi connectivity index (χ0v) is 11.6. The number of morpholine rings is 1. The Balaban J connectivity index is 2.36. The number of nitrogens with zero attached hydrogens (tertiary/aromatic N) is 1. The second-order valence-electron chi connectivity index (χ2n) is 5.51. The fourth-order valence-electron chi connectivity index (χ4n) is 2.27. The third-order valence-electron chi connectivity index (χ3n) is 3.41. The first-order valence-corrected chi connectivity index (χ1v) is 6.39. The molecule has 1 aromatic carbocycles. The van der Waals surface area contributed by atoms with Gasteiger partial charge in [0.15, 0.2) is 0 Å². The molecule has 1 fully saturated rings. The number of hydrogen-bond donors (Lipinski definition) is 0. The van der Waals surface area contributed by atoms with Crippen LogP contribution in [0.2, 0.25) is 0 Å². The van der Waals surface area contributed by atoms with E-state index in [0.29, 0.717) is 25.3 Å². The first-order chi connectivity index (χ1) is 9.63. The van der Waals surface area contributed by atoms with Gasteiger partial charge < -0.3 is 9.64 Å². The van der Waals surface area contributed by atoms with Crippen LogP contribution in [0.25, 0.3) is 0 Å². The summed E-state index contributed by atoms with van der Waals surface area (Å²) in [5.74, 6) is -1.95. The Kier molecular flexibility index (Phi) is 3.97. The van der Waals surface area contributed by atoms with Crippen molar-refractivity contribution in [1.29, 1.82) is 0 Å². The van der Waals surface area contributed by atoms with Gasteiger partial charge in [-0.1, -0.05) is 0 Å². The van der Waals surface area contributed by atoms with E-state index in [2.05, 4.69) is 0 Å².